The van der Waals surface area contributed by atoms with Gasteiger partial charge in [0.25, 0.3) is 5.56 Å². The Morgan fingerprint density at radius 1 is 0.812 bits per heavy atom. The molecule has 6 rings (SSSR count). The highest BCUT2D eigenvalue weighted by Crippen LogP contribution is 2.37. The average molecular weight is 439 g/mol. The summed E-state index contributed by atoms with van der Waals surface area (Å²) < 4.78 is 3.66. The zero-order chi connectivity index (χ0) is 21.7. The second-order valence-electron chi connectivity index (χ2n) is 8.05. The molecule has 0 unspecified atom stereocenters. The van der Waals surface area contributed by atoms with E-state index in [1.807, 2.05) is 47.0 Å². The highest BCUT2D eigenvalue weighted by atomic mass is 35.5. The van der Waals surface area contributed by atoms with Crippen LogP contribution in [0.2, 0.25) is 5.02 Å². The molecule has 5 aromatic rings. The van der Waals surface area contributed by atoms with Gasteiger partial charge in [0.2, 0.25) is 0 Å². The minimum atomic E-state index is -0.182. The van der Waals surface area contributed by atoms with Gasteiger partial charge in [0, 0.05) is 16.6 Å². The van der Waals surface area contributed by atoms with Crippen molar-refractivity contribution in [2.75, 3.05) is 0 Å². The van der Waals surface area contributed by atoms with E-state index >= 15 is 0 Å². The summed E-state index contributed by atoms with van der Waals surface area (Å²) >= 11 is 6.09. The Morgan fingerprint density at radius 3 is 2.16 bits per heavy atom. The molecule has 6 heteroatoms. The summed E-state index contributed by atoms with van der Waals surface area (Å²) in [7, 11) is 0. The van der Waals surface area contributed by atoms with E-state index in [9.17, 15) is 4.79 Å². The molecule has 1 aliphatic carbocycles. The van der Waals surface area contributed by atoms with Crippen molar-refractivity contribution in [3.63, 3.8) is 0 Å². The molecule has 1 saturated carbocycles. The van der Waals surface area contributed by atoms with E-state index in [1.165, 1.54) is 0 Å². The second kappa shape index (κ2) is 7.46. The number of halogens is 1. The molecule has 1 aliphatic rings. The normalized spacial score (nSPS) is 13.5. The van der Waals surface area contributed by atoms with Crippen molar-refractivity contribution in [1.29, 1.82) is 0 Å². The molecule has 0 saturated heterocycles. The molecular formula is C26H19ClN4O. The van der Waals surface area contributed by atoms with Gasteiger partial charge in [-0.3, -0.25) is 9.36 Å². The molecule has 0 radical (unpaired) electrons. The van der Waals surface area contributed by atoms with E-state index in [2.05, 4.69) is 29.2 Å². The smallest absolute Gasteiger partial charge is 0.286 e. The minimum absolute atomic E-state index is 0.182. The zero-order valence-electron chi connectivity index (χ0n) is 17.1. The van der Waals surface area contributed by atoms with Crippen molar-refractivity contribution < 1.29 is 0 Å². The molecule has 2 aromatic heterocycles. The lowest BCUT2D eigenvalue weighted by Gasteiger charge is -2.14. The van der Waals surface area contributed by atoms with E-state index in [0.717, 1.165) is 29.5 Å². The molecule has 0 amide bonds. The molecule has 2 heterocycles. The standard InChI is InChI=1S/C26H19ClN4O/c27-20-10-12-22(13-11-20)31-24(19-8-6-18(7-9-19)17-4-2-1-3-5-17)29-25-23(26(31)32)28-16-30(25)21-14-15-21/h1-13,16,21H,14-15H2. The fourth-order valence-electron chi connectivity index (χ4n) is 4.05. The molecule has 32 heavy (non-hydrogen) atoms. The first-order chi connectivity index (χ1) is 15.7. The van der Waals surface area contributed by atoms with Crippen molar-refractivity contribution in [3.8, 4) is 28.2 Å². The first-order valence-corrected chi connectivity index (χ1v) is 11.0. The molecule has 0 atom stereocenters. The Kier molecular flexibility index (Phi) is 4.44. The molecule has 5 nitrogen and oxygen atoms in total. The van der Waals surface area contributed by atoms with Gasteiger partial charge in [-0.25, -0.2) is 9.97 Å². The molecule has 0 spiro atoms. The van der Waals surface area contributed by atoms with Crippen molar-refractivity contribution >= 4 is 22.8 Å². The minimum Gasteiger partial charge on any atom is -0.312 e. The van der Waals surface area contributed by atoms with Crippen LogP contribution in [0.3, 0.4) is 0 Å². The van der Waals surface area contributed by atoms with E-state index < -0.39 is 0 Å². The Bertz CT molecular complexity index is 1480. The monoisotopic (exact) mass is 438 g/mol. The van der Waals surface area contributed by atoms with Crippen LogP contribution < -0.4 is 5.56 Å². The maximum Gasteiger partial charge on any atom is 0.286 e. The first kappa shape index (κ1) is 19.0. The van der Waals surface area contributed by atoms with Crippen LogP contribution in [0.25, 0.3) is 39.4 Å². The topological polar surface area (TPSA) is 52.7 Å². The number of nitrogens with zero attached hydrogens (tertiary/aromatic N) is 4. The third-order valence-corrected chi connectivity index (χ3v) is 6.12. The summed E-state index contributed by atoms with van der Waals surface area (Å²) in [6, 6.07) is 26.0. The van der Waals surface area contributed by atoms with Gasteiger partial charge in [0.05, 0.1) is 12.0 Å². The van der Waals surface area contributed by atoms with Crippen LogP contribution in [-0.2, 0) is 0 Å². The molecule has 1 fully saturated rings. The van der Waals surface area contributed by atoms with Gasteiger partial charge < -0.3 is 4.57 Å². The SMILES string of the molecule is O=c1c2ncn(C3CC3)c2nc(-c2ccc(-c3ccccc3)cc2)n1-c1ccc(Cl)cc1. The van der Waals surface area contributed by atoms with Gasteiger partial charge in [-0.15, -0.1) is 0 Å². The lowest BCUT2D eigenvalue weighted by atomic mass is 10.0. The van der Waals surface area contributed by atoms with Crippen LogP contribution in [0.5, 0.6) is 0 Å². The number of imidazole rings is 1. The van der Waals surface area contributed by atoms with Crippen LogP contribution in [-0.4, -0.2) is 19.1 Å². The van der Waals surface area contributed by atoms with Gasteiger partial charge in [0.1, 0.15) is 5.82 Å². The number of benzene rings is 3. The lowest BCUT2D eigenvalue weighted by molar-refractivity contribution is 0.755. The van der Waals surface area contributed by atoms with E-state index in [1.54, 1.807) is 23.0 Å². The molecular weight excluding hydrogens is 420 g/mol. The molecule has 156 valence electrons. The van der Waals surface area contributed by atoms with Crippen LogP contribution in [0.15, 0.2) is 90.0 Å². The first-order valence-electron chi connectivity index (χ1n) is 10.6. The van der Waals surface area contributed by atoms with Crippen LogP contribution in [0.4, 0.5) is 0 Å². The van der Waals surface area contributed by atoms with E-state index in [4.69, 9.17) is 16.6 Å². The number of fused-ring (bicyclic) bond motifs is 1. The summed E-state index contributed by atoms with van der Waals surface area (Å²) in [5.41, 5.74) is 4.67. The summed E-state index contributed by atoms with van der Waals surface area (Å²) in [5.74, 6) is 0.590. The molecule has 0 bridgehead atoms. The predicted octanol–water partition coefficient (Wildman–Crippen LogP) is 5.90. The average Bonchev–Trinajstić information content (AvgIpc) is 3.59. The quantitative estimate of drug-likeness (QED) is 0.350. The van der Waals surface area contributed by atoms with Crippen molar-refractivity contribution in [2.45, 2.75) is 18.9 Å². The molecule has 3 aromatic carbocycles. The fourth-order valence-corrected chi connectivity index (χ4v) is 4.18. The molecule has 0 aliphatic heterocycles. The van der Waals surface area contributed by atoms with Crippen LogP contribution in [0, 0.1) is 0 Å². The Hall–Kier alpha value is -3.70. The Morgan fingerprint density at radius 2 is 1.47 bits per heavy atom. The van der Waals surface area contributed by atoms with Gasteiger partial charge in [-0.2, -0.15) is 0 Å². The highest BCUT2D eigenvalue weighted by Gasteiger charge is 2.27. The van der Waals surface area contributed by atoms with Crippen LogP contribution in [0.1, 0.15) is 18.9 Å². The maximum absolute atomic E-state index is 13.6. The molecule has 0 N–H and O–H groups in total. The zero-order valence-corrected chi connectivity index (χ0v) is 17.9. The van der Waals surface area contributed by atoms with Crippen molar-refractivity contribution in [1.82, 2.24) is 19.1 Å². The van der Waals surface area contributed by atoms with Gasteiger partial charge >= 0.3 is 0 Å². The Balaban J connectivity index is 1.57. The van der Waals surface area contributed by atoms with Gasteiger partial charge in [-0.05, 0) is 48.2 Å². The predicted molar refractivity (Wildman–Crippen MR) is 127 cm³/mol. The summed E-state index contributed by atoms with van der Waals surface area (Å²) in [4.78, 5) is 22.9. The largest absolute Gasteiger partial charge is 0.312 e. The number of aromatic nitrogens is 4. The fraction of sp³-hybridized carbons (Fsp3) is 0.115. The highest BCUT2D eigenvalue weighted by molar-refractivity contribution is 6.30. The van der Waals surface area contributed by atoms with Gasteiger partial charge in [-0.1, -0.05) is 66.2 Å². The maximum atomic E-state index is 13.6. The third kappa shape index (κ3) is 3.22. The summed E-state index contributed by atoms with van der Waals surface area (Å²) in [5, 5.41) is 0.614. The third-order valence-electron chi connectivity index (χ3n) is 5.87. The van der Waals surface area contributed by atoms with Crippen LogP contribution >= 0.6 is 11.6 Å². The van der Waals surface area contributed by atoms with Crippen molar-refractivity contribution in [2.24, 2.45) is 0 Å². The van der Waals surface area contributed by atoms with E-state index in [-0.39, 0.29) is 5.56 Å². The van der Waals surface area contributed by atoms with Crippen molar-refractivity contribution in [3.05, 3.63) is 101 Å². The number of rotatable bonds is 4. The Labute approximate surface area is 189 Å². The lowest BCUT2D eigenvalue weighted by Crippen LogP contribution is -2.22. The van der Waals surface area contributed by atoms with E-state index in [0.29, 0.717) is 33.7 Å². The summed E-state index contributed by atoms with van der Waals surface area (Å²) in [6.45, 7) is 0. The number of hydrogen-bond donors (Lipinski definition) is 0. The van der Waals surface area contributed by atoms with Gasteiger partial charge in [0.15, 0.2) is 11.2 Å². The number of hydrogen-bond acceptors (Lipinski definition) is 3. The second-order valence-corrected chi connectivity index (χ2v) is 8.49. The summed E-state index contributed by atoms with van der Waals surface area (Å²) in [6.07, 6.45) is 3.92.